The van der Waals surface area contributed by atoms with Crippen molar-refractivity contribution in [2.75, 3.05) is 17.3 Å². The summed E-state index contributed by atoms with van der Waals surface area (Å²) in [5.74, 6) is 7.31. The van der Waals surface area contributed by atoms with Crippen LogP contribution in [0.1, 0.15) is 13.8 Å². The van der Waals surface area contributed by atoms with Gasteiger partial charge in [-0.25, -0.2) is 0 Å². The fraction of sp³-hybridized carbons (Fsp3) is 1.00. The lowest BCUT2D eigenvalue weighted by Crippen LogP contribution is -2.21. The van der Waals surface area contributed by atoms with Crippen molar-refractivity contribution in [3.05, 3.63) is 0 Å². The summed E-state index contributed by atoms with van der Waals surface area (Å²) in [7, 11) is 0. The van der Waals surface area contributed by atoms with Gasteiger partial charge in [-0.05, 0) is 29.3 Å². The van der Waals surface area contributed by atoms with E-state index in [9.17, 15) is 0 Å². The molecular weight excluding hydrogens is 172 g/mol. The van der Waals surface area contributed by atoms with E-state index in [0.717, 1.165) is 23.0 Å². The molecule has 0 nitrogen and oxygen atoms in total. The maximum absolute atomic E-state index is 2.39. The Hall–Kier alpha value is 0.700. The minimum Gasteiger partial charge on any atom is -0.160 e. The molecule has 0 spiro atoms. The molecule has 2 fully saturated rings. The summed E-state index contributed by atoms with van der Waals surface area (Å²) in [6.07, 6.45) is 0. The first-order valence-corrected chi connectivity index (χ1v) is 6.68. The highest BCUT2D eigenvalue weighted by Gasteiger charge is 2.41. The quantitative estimate of drug-likeness (QED) is 0.620. The molecular formula is C9H16S2. The van der Waals surface area contributed by atoms with E-state index < -0.39 is 0 Å². The van der Waals surface area contributed by atoms with E-state index in [-0.39, 0.29) is 0 Å². The van der Waals surface area contributed by atoms with Crippen LogP contribution in [0.5, 0.6) is 0 Å². The Balaban J connectivity index is 2.03. The zero-order valence-corrected chi connectivity index (χ0v) is 8.88. The Labute approximate surface area is 77.9 Å². The molecule has 2 saturated heterocycles. The molecule has 0 saturated carbocycles. The van der Waals surface area contributed by atoms with Crippen molar-refractivity contribution < 1.29 is 0 Å². The van der Waals surface area contributed by atoms with Crippen molar-refractivity contribution in [1.29, 1.82) is 0 Å². The highest BCUT2D eigenvalue weighted by atomic mass is 32.2. The Morgan fingerprint density at radius 2 is 2.00 bits per heavy atom. The molecule has 0 aromatic heterocycles. The van der Waals surface area contributed by atoms with Crippen molar-refractivity contribution in [3.8, 4) is 0 Å². The van der Waals surface area contributed by atoms with Gasteiger partial charge >= 0.3 is 0 Å². The van der Waals surface area contributed by atoms with Crippen LogP contribution in [0.15, 0.2) is 0 Å². The van der Waals surface area contributed by atoms with Gasteiger partial charge in [-0.2, -0.15) is 23.5 Å². The molecule has 0 N–H and O–H groups in total. The normalized spacial score (nSPS) is 43.4. The SMILES string of the molecule is CC(C)C1CSC2CSCC21. The predicted molar refractivity (Wildman–Crippen MR) is 55.4 cm³/mol. The van der Waals surface area contributed by atoms with Crippen LogP contribution in [0.3, 0.4) is 0 Å². The molecule has 0 radical (unpaired) electrons. The molecule has 11 heavy (non-hydrogen) atoms. The highest BCUT2D eigenvalue weighted by molar-refractivity contribution is 8.04. The molecule has 3 atom stereocenters. The van der Waals surface area contributed by atoms with E-state index in [4.69, 9.17) is 0 Å². The van der Waals surface area contributed by atoms with Gasteiger partial charge in [0.1, 0.15) is 0 Å². The van der Waals surface area contributed by atoms with Crippen LogP contribution >= 0.6 is 23.5 Å². The molecule has 64 valence electrons. The molecule has 3 unspecified atom stereocenters. The summed E-state index contributed by atoms with van der Waals surface area (Å²) in [6.45, 7) is 4.77. The predicted octanol–water partition coefficient (Wildman–Crippen LogP) is 2.74. The fourth-order valence-electron chi connectivity index (χ4n) is 2.17. The number of thioether (sulfide) groups is 2. The Bertz CT molecular complexity index is 144. The average Bonchev–Trinajstić information content (AvgIpc) is 2.41. The van der Waals surface area contributed by atoms with Crippen LogP contribution in [-0.2, 0) is 0 Å². The lowest BCUT2D eigenvalue weighted by atomic mass is 9.85. The van der Waals surface area contributed by atoms with E-state index in [1.165, 1.54) is 17.3 Å². The van der Waals surface area contributed by atoms with Crippen molar-refractivity contribution >= 4 is 23.5 Å². The van der Waals surface area contributed by atoms with Crippen molar-refractivity contribution in [2.45, 2.75) is 19.1 Å². The van der Waals surface area contributed by atoms with E-state index >= 15 is 0 Å². The minimum absolute atomic E-state index is 0.913. The number of hydrogen-bond acceptors (Lipinski definition) is 2. The van der Waals surface area contributed by atoms with Crippen LogP contribution in [0.25, 0.3) is 0 Å². The monoisotopic (exact) mass is 188 g/mol. The topological polar surface area (TPSA) is 0 Å². The standard InChI is InChI=1S/C9H16S2/c1-6(2)7-4-11-9-5-10-3-8(7)9/h6-9H,3-5H2,1-2H3. The maximum atomic E-state index is 2.39. The van der Waals surface area contributed by atoms with E-state index in [2.05, 4.69) is 37.4 Å². The van der Waals surface area contributed by atoms with Gasteiger partial charge in [0.05, 0.1) is 0 Å². The van der Waals surface area contributed by atoms with Crippen molar-refractivity contribution in [1.82, 2.24) is 0 Å². The second-order valence-electron chi connectivity index (χ2n) is 3.98. The van der Waals surface area contributed by atoms with Crippen LogP contribution in [0, 0.1) is 17.8 Å². The van der Waals surface area contributed by atoms with Crippen LogP contribution in [0.2, 0.25) is 0 Å². The molecule has 0 aromatic rings. The van der Waals surface area contributed by atoms with Crippen LogP contribution in [-0.4, -0.2) is 22.5 Å². The molecule has 0 bridgehead atoms. The van der Waals surface area contributed by atoms with Gasteiger partial charge in [-0.15, -0.1) is 0 Å². The van der Waals surface area contributed by atoms with Gasteiger partial charge in [0.2, 0.25) is 0 Å². The molecule has 2 aliphatic heterocycles. The molecule has 2 heterocycles. The van der Waals surface area contributed by atoms with Gasteiger partial charge in [0.15, 0.2) is 0 Å². The van der Waals surface area contributed by atoms with Crippen LogP contribution in [0.4, 0.5) is 0 Å². The summed E-state index contributed by atoms with van der Waals surface area (Å²) in [6, 6.07) is 0. The first-order chi connectivity index (χ1) is 5.29. The molecule has 0 aliphatic carbocycles. The van der Waals surface area contributed by atoms with Gasteiger partial charge in [-0.3, -0.25) is 0 Å². The molecule has 2 heteroatoms. The number of fused-ring (bicyclic) bond motifs is 1. The lowest BCUT2D eigenvalue weighted by Gasteiger charge is -2.20. The number of hydrogen-bond donors (Lipinski definition) is 0. The minimum atomic E-state index is 0.913. The first-order valence-electron chi connectivity index (χ1n) is 4.48. The van der Waals surface area contributed by atoms with Gasteiger partial charge < -0.3 is 0 Å². The third-order valence-corrected chi connectivity index (χ3v) is 5.93. The molecule has 0 aromatic carbocycles. The summed E-state index contributed by atoms with van der Waals surface area (Å²) in [4.78, 5) is 0. The zero-order valence-electron chi connectivity index (χ0n) is 7.25. The smallest absolute Gasteiger partial charge is 0.0177 e. The third-order valence-electron chi connectivity index (χ3n) is 2.98. The zero-order chi connectivity index (χ0) is 7.84. The second-order valence-corrected chi connectivity index (χ2v) is 6.33. The first kappa shape index (κ1) is 8.31. The molecule has 2 aliphatic rings. The Morgan fingerprint density at radius 3 is 2.73 bits per heavy atom. The van der Waals surface area contributed by atoms with E-state index in [1.807, 2.05) is 0 Å². The Kier molecular flexibility index (Phi) is 2.43. The van der Waals surface area contributed by atoms with Gasteiger partial charge in [0.25, 0.3) is 0 Å². The molecule has 0 amide bonds. The van der Waals surface area contributed by atoms with E-state index in [0.29, 0.717) is 0 Å². The van der Waals surface area contributed by atoms with Gasteiger partial charge in [-0.1, -0.05) is 13.8 Å². The summed E-state index contributed by atoms with van der Waals surface area (Å²) >= 11 is 4.39. The molecule has 2 rings (SSSR count). The van der Waals surface area contributed by atoms with E-state index in [1.54, 1.807) is 0 Å². The third kappa shape index (κ3) is 1.44. The second kappa shape index (κ2) is 3.21. The van der Waals surface area contributed by atoms with Crippen molar-refractivity contribution in [2.24, 2.45) is 17.8 Å². The largest absolute Gasteiger partial charge is 0.160 e. The maximum Gasteiger partial charge on any atom is 0.0177 e. The highest BCUT2D eigenvalue weighted by Crippen LogP contribution is 2.47. The Morgan fingerprint density at radius 1 is 1.18 bits per heavy atom. The fourth-order valence-corrected chi connectivity index (χ4v) is 5.98. The lowest BCUT2D eigenvalue weighted by molar-refractivity contribution is 0.330. The van der Waals surface area contributed by atoms with Gasteiger partial charge in [0, 0.05) is 11.0 Å². The number of rotatable bonds is 1. The summed E-state index contributed by atoms with van der Waals surface area (Å²) in [5.41, 5.74) is 0. The van der Waals surface area contributed by atoms with Crippen LogP contribution < -0.4 is 0 Å². The summed E-state index contributed by atoms with van der Waals surface area (Å²) in [5, 5.41) is 1.02. The average molecular weight is 188 g/mol. The summed E-state index contributed by atoms with van der Waals surface area (Å²) < 4.78 is 0. The van der Waals surface area contributed by atoms with Crippen molar-refractivity contribution in [3.63, 3.8) is 0 Å².